The molecule has 0 saturated heterocycles. The summed E-state index contributed by atoms with van der Waals surface area (Å²) in [6.07, 6.45) is 3.56. The van der Waals surface area contributed by atoms with Crippen molar-refractivity contribution in [2.75, 3.05) is 19.1 Å². The first-order valence-electron chi connectivity index (χ1n) is 6.68. The number of nitrogens with zero attached hydrogens (tertiary/aromatic N) is 1. The molecule has 1 fully saturated rings. The molecule has 0 radical (unpaired) electrons. The molecule has 3 nitrogen and oxygen atoms in total. The number of halogens is 1. The van der Waals surface area contributed by atoms with Crippen molar-refractivity contribution in [3.8, 4) is 0 Å². The zero-order chi connectivity index (χ0) is 13.8. The number of benzene rings is 1. The Morgan fingerprint density at radius 2 is 2.00 bits per heavy atom. The molecule has 0 atom stereocenters. The van der Waals surface area contributed by atoms with E-state index in [0.717, 1.165) is 31.4 Å². The molecular weight excluding hydrogens is 245 g/mol. The van der Waals surface area contributed by atoms with Crippen LogP contribution in [0.5, 0.6) is 0 Å². The Morgan fingerprint density at radius 1 is 1.32 bits per heavy atom. The first-order valence-corrected chi connectivity index (χ1v) is 6.68. The van der Waals surface area contributed by atoms with Gasteiger partial charge in [-0.15, -0.1) is 0 Å². The normalized spacial score (nSPS) is 22.9. The van der Waals surface area contributed by atoms with Crippen LogP contribution in [0, 0.1) is 11.7 Å². The number of hydrogen-bond donors (Lipinski definition) is 0. The van der Waals surface area contributed by atoms with E-state index in [2.05, 4.69) is 4.90 Å². The van der Waals surface area contributed by atoms with Crippen LogP contribution < -0.4 is 4.90 Å². The molecule has 1 aliphatic rings. The van der Waals surface area contributed by atoms with Gasteiger partial charge in [-0.05, 0) is 43.9 Å². The van der Waals surface area contributed by atoms with Crippen LogP contribution in [0.15, 0.2) is 24.3 Å². The molecule has 2 rings (SSSR count). The standard InChI is InChI=1S/C15H20FNO2/c1-17(14-5-3-4-12(16)10-14)13-8-6-11(7-9-13)15(18)19-2/h3-5,10-11,13H,6-9H2,1-2H3. The van der Waals surface area contributed by atoms with Crippen LogP contribution in [0.3, 0.4) is 0 Å². The summed E-state index contributed by atoms with van der Waals surface area (Å²) in [7, 11) is 3.42. The molecule has 19 heavy (non-hydrogen) atoms. The molecule has 4 heteroatoms. The summed E-state index contributed by atoms with van der Waals surface area (Å²) in [5.41, 5.74) is 0.890. The van der Waals surface area contributed by atoms with Gasteiger partial charge in [0.2, 0.25) is 0 Å². The van der Waals surface area contributed by atoms with E-state index in [1.54, 1.807) is 12.1 Å². The van der Waals surface area contributed by atoms with Crippen molar-refractivity contribution in [3.05, 3.63) is 30.1 Å². The fraction of sp³-hybridized carbons (Fsp3) is 0.533. The van der Waals surface area contributed by atoms with Gasteiger partial charge < -0.3 is 9.64 Å². The van der Waals surface area contributed by atoms with E-state index < -0.39 is 0 Å². The maximum Gasteiger partial charge on any atom is 0.308 e. The van der Waals surface area contributed by atoms with Crippen molar-refractivity contribution in [2.45, 2.75) is 31.7 Å². The van der Waals surface area contributed by atoms with Crippen LogP contribution in [0.25, 0.3) is 0 Å². The van der Waals surface area contributed by atoms with Crippen LogP contribution in [0.2, 0.25) is 0 Å². The molecule has 1 aromatic rings. The first-order chi connectivity index (χ1) is 9.11. The molecule has 1 aliphatic carbocycles. The van der Waals surface area contributed by atoms with Crippen molar-refractivity contribution >= 4 is 11.7 Å². The quantitative estimate of drug-likeness (QED) is 0.787. The molecule has 0 N–H and O–H groups in total. The topological polar surface area (TPSA) is 29.5 Å². The van der Waals surface area contributed by atoms with Gasteiger partial charge in [-0.25, -0.2) is 4.39 Å². The number of ether oxygens (including phenoxy) is 1. The number of carbonyl (C=O) groups excluding carboxylic acids is 1. The van der Waals surface area contributed by atoms with Crippen LogP contribution in [0.1, 0.15) is 25.7 Å². The average Bonchev–Trinajstić information content (AvgIpc) is 2.46. The average molecular weight is 265 g/mol. The van der Waals surface area contributed by atoms with E-state index >= 15 is 0 Å². The zero-order valence-electron chi connectivity index (χ0n) is 11.4. The van der Waals surface area contributed by atoms with Crippen LogP contribution in [-0.4, -0.2) is 26.2 Å². The lowest BCUT2D eigenvalue weighted by Gasteiger charge is -2.35. The van der Waals surface area contributed by atoms with Crippen molar-refractivity contribution < 1.29 is 13.9 Å². The van der Waals surface area contributed by atoms with Gasteiger partial charge in [0.05, 0.1) is 13.0 Å². The maximum absolute atomic E-state index is 13.2. The second-order valence-electron chi connectivity index (χ2n) is 5.12. The summed E-state index contributed by atoms with van der Waals surface area (Å²) in [4.78, 5) is 13.6. The number of methoxy groups -OCH3 is 1. The third-order valence-corrected chi connectivity index (χ3v) is 3.99. The van der Waals surface area contributed by atoms with Crippen LogP contribution >= 0.6 is 0 Å². The zero-order valence-corrected chi connectivity index (χ0v) is 11.4. The molecule has 0 unspecified atom stereocenters. The van der Waals surface area contributed by atoms with E-state index in [9.17, 15) is 9.18 Å². The Kier molecular flexibility index (Phi) is 4.40. The predicted octanol–water partition coefficient (Wildman–Crippen LogP) is 2.99. The monoisotopic (exact) mass is 265 g/mol. The largest absolute Gasteiger partial charge is 0.469 e. The lowest BCUT2D eigenvalue weighted by atomic mass is 9.85. The number of anilines is 1. The van der Waals surface area contributed by atoms with E-state index in [0.29, 0.717) is 6.04 Å². The molecule has 0 heterocycles. The highest BCUT2D eigenvalue weighted by Crippen LogP contribution is 2.30. The molecule has 0 amide bonds. The molecule has 0 aliphatic heterocycles. The fourth-order valence-corrected chi connectivity index (χ4v) is 2.77. The minimum atomic E-state index is -0.215. The summed E-state index contributed by atoms with van der Waals surface area (Å²) in [6, 6.07) is 7.00. The highest BCUT2D eigenvalue weighted by Gasteiger charge is 2.28. The molecule has 0 aromatic heterocycles. The van der Waals surface area contributed by atoms with E-state index in [4.69, 9.17) is 4.74 Å². The molecule has 0 spiro atoms. The lowest BCUT2D eigenvalue weighted by molar-refractivity contribution is -0.146. The molecule has 1 aromatic carbocycles. The van der Waals surface area contributed by atoms with E-state index in [-0.39, 0.29) is 17.7 Å². The highest BCUT2D eigenvalue weighted by molar-refractivity contribution is 5.72. The van der Waals surface area contributed by atoms with Gasteiger partial charge in [0.1, 0.15) is 5.82 Å². The third-order valence-electron chi connectivity index (χ3n) is 3.99. The van der Waals surface area contributed by atoms with E-state index in [1.165, 1.54) is 13.2 Å². The van der Waals surface area contributed by atoms with Crippen LogP contribution in [0.4, 0.5) is 10.1 Å². The van der Waals surface area contributed by atoms with E-state index in [1.807, 2.05) is 13.1 Å². The van der Waals surface area contributed by atoms with Crippen molar-refractivity contribution in [3.63, 3.8) is 0 Å². The number of hydrogen-bond acceptors (Lipinski definition) is 3. The van der Waals surface area contributed by atoms with Crippen molar-refractivity contribution in [1.29, 1.82) is 0 Å². The van der Waals surface area contributed by atoms with Gasteiger partial charge in [0.25, 0.3) is 0 Å². The number of esters is 1. The molecular formula is C15H20FNO2. The van der Waals surface area contributed by atoms with Gasteiger partial charge in [-0.2, -0.15) is 0 Å². The Morgan fingerprint density at radius 3 is 2.58 bits per heavy atom. The second kappa shape index (κ2) is 6.04. The molecule has 0 bridgehead atoms. The number of rotatable bonds is 3. The second-order valence-corrected chi connectivity index (χ2v) is 5.12. The first kappa shape index (κ1) is 13.8. The van der Waals surface area contributed by atoms with Crippen molar-refractivity contribution in [2.24, 2.45) is 5.92 Å². The van der Waals surface area contributed by atoms with Gasteiger partial charge >= 0.3 is 5.97 Å². The van der Waals surface area contributed by atoms with Gasteiger partial charge in [0.15, 0.2) is 0 Å². The van der Waals surface area contributed by atoms with Crippen molar-refractivity contribution in [1.82, 2.24) is 0 Å². The predicted molar refractivity (Wildman–Crippen MR) is 72.6 cm³/mol. The van der Waals surface area contributed by atoms with Gasteiger partial charge in [-0.3, -0.25) is 4.79 Å². The minimum Gasteiger partial charge on any atom is -0.469 e. The summed E-state index contributed by atoms with van der Waals surface area (Å²) in [5, 5.41) is 0. The Bertz CT molecular complexity index is 442. The Hall–Kier alpha value is -1.58. The summed E-state index contributed by atoms with van der Waals surface area (Å²) in [5.74, 6) is -0.290. The molecule has 1 saturated carbocycles. The lowest BCUT2D eigenvalue weighted by Crippen LogP contribution is -2.36. The highest BCUT2D eigenvalue weighted by atomic mass is 19.1. The Balaban J connectivity index is 1.96. The SMILES string of the molecule is COC(=O)C1CCC(N(C)c2cccc(F)c2)CC1. The Labute approximate surface area is 113 Å². The summed E-state index contributed by atoms with van der Waals surface area (Å²) < 4.78 is 18.0. The van der Waals surface area contributed by atoms with Gasteiger partial charge in [-0.1, -0.05) is 6.07 Å². The number of carbonyl (C=O) groups is 1. The fourth-order valence-electron chi connectivity index (χ4n) is 2.77. The maximum atomic E-state index is 13.2. The molecule has 104 valence electrons. The smallest absolute Gasteiger partial charge is 0.308 e. The summed E-state index contributed by atoms with van der Waals surface area (Å²) in [6.45, 7) is 0. The van der Waals surface area contributed by atoms with Crippen LogP contribution in [-0.2, 0) is 9.53 Å². The minimum absolute atomic E-state index is 0.0298. The van der Waals surface area contributed by atoms with Gasteiger partial charge in [0, 0.05) is 18.8 Å². The summed E-state index contributed by atoms with van der Waals surface area (Å²) >= 11 is 0. The third kappa shape index (κ3) is 3.25.